The van der Waals surface area contributed by atoms with Gasteiger partial charge in [0.25, 0.3) is 0 Å². The minimum absolute atomic E-state index is 0.0572. The molecular formula is C20H40O3Si. The zero-order valence-electron chi connectivity index (χ0n) is 17.5. The normalized spacial score (nSPS) is 20.2. The summed E-state index contributed by atoms with van der Waals surface area (Å²) in [7, 11) is -1.96. The standard InChI is InChI=1S/C20H40O3Si/c1-11-14(2)12-15(3)19(17(5)18(22)16(4)13-21)23-24(9,10)20(6,7)8/h11,13,15-19,22H,12H2,1-10H3/b14-11+/t15-,16+,17+,18-,19+/m0/s1. The lowest BCUT2D eigenvalue weighted by Gasteiger charge is -2.44. The maximum atomic E-state index is 11.1. The van der Waals surface area contributed by atoms with Gasteiger partial charge in [0.1, 0.15) is 6.29 Å². The molecule has 0 amide bonds. The van der Waals surface area contributed by atoms with Gasteiger partial charge in [-0.1, -0.05) is 53.2 Å². The van der Waals surface area contributed by atoms with Crippen molar-refractivity contribution >= 4 is 14.6 Å². The van der Waals surface area contributed by atoms with E-state index in [1.165, 1.54) is 5.57 Å². The molecule has 0 saturated heterocycles. The van der Waals surface area contributed by atoms with Gasteiger partial charge >= 0.3 is 0 Å². The lowest BCUT2D eigenvalue weighted by Crippen LogP contribution is -2.50. The van der Waals surface area contributed by atoms with Crippen LogP contribution in [0.2, 0.25) is 18.1 Å². The molecule has 0 unspecified atom stereocenters. The van der Waals surface area contributed by atoms with Gasteiger partial charge in [0, 0.05) is 11.8 Å². The van der Waals surface area contributed by atoms with E-state index in [9.17, 15) is 9.90 Å². The van der Waals surface area contributed by atoms with Crippen LogP contribution in [0.1, 0.15) is 61.8 Å². The van der Waals surface area contributed by atoms with E-state index in [0.717, 1.165) is 12.7 Å². The third-order valence-electron chi connectivity index (χ3n) is 5.74. The Morgan fingerprint density at radius 1 is 1.21 bits per heavy atom. The van der Waals surface area contributed by atoms with Gasteiger partial charge in [-0.15, -0.1) is 0 Å². The van der Waals surface area contributed by atoms with E-state index in [2.05, 4.69) is 60.7 Å². The van der Waals surface area contributed by atoms with Crippen molar-refractivity contribution in [1.82, 2.24) is 0 Å². The van der Waals surface area contributed by atoms with Crippen LogP contribution in [0, 0.1) is 17.8 Å². The maximum Gasteiger partial charge on any atom is 0.192 e. The van der Waals surface area contributed by atoms with Gasteiger partial charge in [-0.05, 0) is 44.3 Å². The lowest BCUT2D eigenvalue weighted by atomic mass is 9.82. The molecular weight excluding hydrogens is 316 g/mol. The first kappa shape index (κ1) is 23.5. The maximum absolute atomic E-state index is 11.1. The van der Waals surface area contributed by atoms with Crippen LogP contribution in [-0.4, -0.2) is 31.9 Å². The highest BCUT2D eigenvalue weighted by atomic mass is 28.4. The monoisotopic (exact) mass is 356 g/mol. The fraction of sp³-hybridized carbons (Fsp3) is 0.850. The minimum atomic E-state index is -1.96. The summed E-state index contributed by atoms with van der Waals surface area (Å²) < 4.78 is 6.72. The molecule has 0 aromatic carbocycles. The van der Waals surface area contributed by atoms with Crippen molar-refractivity contribution in [3.8, 4) is 0 Å². The van der Waals surface area contributed by atoms with E-state index in [1.807, 2.05) is 6.92 Å². The second-order valence-corrected chi connectivity index (χ2v) is 13.8. The summed E-state index contributed by atoms with van der Waals surface area (Å²) in [6.07, 6.45) is 3.19. The van der Waals surface area contributed by atoms with Gasteiger partial charge in [-0.25, -0.2) is 0 Å². The molecule has 4 heteroatoms. The number of carbonyl (C=O) groups is 1. The average Bonchev–Trinajstić information content (AvgIpc) is 2.48. The molecule has 0 aliphatic rings. The Balaban J connectivity index is 5.55. The fourth-order valence-corrected chi connectivity index (χ4v) is 4.24. The molecule has 0 saturated carbocycles. The Kier molecular flexibility index (Phi) is 9.13. The quantitative estimate of drug-likeness (QED) is 0.351. The summed E-state index contributed by atoms with van der Waals surface area (Å²) in [6, 6.07) is 0. The zero-order chi connectivity index (χ0) is 19.3. The van der Waals surface area contributed by atoms with Gasteiger partial charge in [0.15, 0.2) is 8.32 Å². The number of allylic oxidation sites excluding steroid dienone is 2. The molecule has 0 aliphatic carbocycles. The summed E-state index contributed by atoms with van der Waals surface area (Å²) in [5.41, 5.74) is 1.33. The first-order valence-corrected chi connectivity index (χ1v) is 12.1. The molecule has 142 valence electrons. The summed E-state index contributed by atoms with van der Waals surface area (Å²) >= 11 is 0. The van der Waals surface area contributed by atoms with Gasteiger partial charge in [-0.3, -0.25) is 0 Å². The van der Waals surface area contributed by atoms with Gasteiger partial charge in [-0.2, -0.15) is 0 Å². The van der Waals surface area contributed by atoms with Crippen LogP contribution in [0.25, 0.3) is 0 Å². The van der Waals surface area contributed by atoms with Crippen molar-refractivity contribution in [2.75, 3.05) is 0 Å². The lowest BCUT2D eigenvalue weighted by molar-refractivity contribution is -0.116. The molecule has 24 heavy (non-hydrogen) atoms. The Bertz CT molecular complexity index is 423. The number of hydrogen-bond donors (Lipinski definition) is 1. The molecule has 0 aromatic rings. The van der Waals surface area contributed by atoms with Crippen LogP contribution in [0.4, 0.5) is 0 Å². The fourth-order valence-electron chi connectivity index (χ4n) is 2.75. The van der Waals surface area contributed by atoms with Gasteiger partial charge < -0.3 is 14.3 Å². The number of aldehydes is 1. The van der Waals surface area contributed by atoms with E-state index < -0.39 is 14.4 Å². The van der Waals surface area contributed by atoms with Crippen LogP contribution >= 0.6 is 0 Å². The van der Waals surface area contributed by atoms with Crippen LogP contribution < -0.4 is 0 Å². The SMILES string of the molecule is C/C=C(\C)C[C@H](C)[C@@H](O[Si](C)(C)C(C)(C)C)[C@H](C)[C@@H](O)[C@H](C)C=O. The predicted octanol–water partition coefficient (Wildman–Crippen LogP) is 5.20. The van der Waals surface area contributed by atoms with Crippen molar-refractivity contribution < 1.29 is 14.3 Å². The number of aliphatic hydroxyl groups is 1. The molecule has 0 heterocycles. The molecule has 0 spiro atoms. The van der Waals surface area contributed by atoms with E-state index in [4.69, 9.17) is 4.43 Å². The molecule has 0 radical (unpaired) electrons. The molecule has 0 rings (SSSR count). The van der Waals surface area contributed by atoms with Crippen molar-refractivity contribution in [2.24, 2.45) is 17.8 Å². The highest BCUT2D eigenvalue weighted by Crippen LogP contribution is 2.40. The number of aliphatic hydroxyl groups excluding tert-OH is 1. The van der Waals surface area contributed by atoms with Crippen LogP contribution in [0.15, 0.2) is 11.6 Å². The minimum Gasteiger partial charge on any atom is -0.413 e. The van der Waals surface area contributed by atoms with E-state index in [-0.39, 0.29) is 23.0 Å². The first-order valence-electron chi connectivity index (χ1n) is 9.21. The summed E-state index contributed by atoms with van der Waals surface area (Å²) in [5.74, 6) is -0.168. The summed E-state index contributed by atoms with van der Waals surface area (Å²) in [5, 5.41) is 10.7. The third-order valence-corrected chi connectivity index (χ3v) is 10.2. The topological polar surface area (TPSA) is 46.5 Å². The highest BCUT2D eigenvalue weighted by molar-refractivity contribution is 6.74. The predicted molar refractivity (Wildman–Crippen MR) is 106 cm³/mol. The number of carbonyl (C=O) groups excluding carboxylic acids is 1. The van der Waals surface area contributed by atoms with Crippen molar-refractivity contribution in [1.29, 1.82) is 0 Å². The largest absolute Gasteiger partial charge is 0.413 e. The highest BCUT2D eigenvalue weighted by Gasteiger charge is 2.43. The van der Waals surface area contributed by atoms with Crippen molar-refractivity contribution in [3.63, 3.8) is 0 Å². The van der Waals surface area contributed by atoms with E-state index >= 15 is 0 Å². The molecule has 0 fully saturated rings. The van der Waals surface area contributed by atoms with Crippen LogP contribution in [0.5, 0.6) is 0 Å². The smallest absolute Gasteiger partial charge is 0.192 e. The number of hydrogen-bond acceptors (Lipinski definition) is 3. The Morgan fingerprint density at radius 2 is 1.71 bits per heavy atom. The third kappa shape index (κ3) is 6.45. The second kappa shape index (κ2) is 9.30. The Labute approximate surface area is 151 Å². The summed E-state index contributed by atoms with van der Waals surface area (Å²) in [6.45, 7) is 21.4. The Morgan fingerprint density at radius 3 is 2.08 bits per heavy atom. The summed E-state index contributed by atoms with van der Waals surface area (Å²) in [4.78, 5) is 11.1. The first-order chi connectivity index (χ1) is 10.8. The average molecular weight is 357 g/mol. The van der Waals surface area contributed by atoms with Crippen molar-refractivity contribution in [3.05, 3.63) is 11.6 Å². The molecule has 1 N–H and O–H groups in total. The molecule has 0 aliphatic heterocycles. The van der Waals surface area contributed by atoms with Crippen LogP contribution in [0.3, 0.4) is 0 Å². The molecule has 0 bridgehead atoms. The van der Waals surface area contributed by atoms with Crippen molar-refractivity contribution in [2.45, 2.75) is 92.2 Å². The molecule has 0 aromatic heterocycles. The number of rotatable bonds is 9. The van der Waals surface area contributed by atoms with Gasteiger partial charge in [0.05, 0.1) is 12.2 Å². The van der Waals surface area contributed by atoms with E-state index in [0.29, 0.717) is 5.92 Å². The Hall–Kier alpha value is -0.453. The molecule has 3 nitrogen and oxygen atoms in total. The molecule has 5 atom stereocenters. The zero-order valence-corrected chi connectivity index (χ0v) is 18.5. The van der Waals surface area contributed by atoms with Gasteiger partial charge in [0.2, 0.25) is 0 Å². The second-order valence-electron chi connectivity index (χ2n) is 9.00. The van der Waals surface area contributed by atoms with Crippen LogP contribution in [-0.2, 0) is 9.22 Å². The van der Waals surface area contributed by atoms with E-state index in [1.54, 1.807) is 6.92 Å².